The molecule has 1 amide bonds. The van der Waals surface area contributed by atoms with Crippen LogP contribution in [0.25, 0.3) is 0 Å². The summed E-state index contributed by atoms with van der Waals surface area (Å²) in [7, 11) is 0. The van der Waals surface area contributed by atoms with Gasteiger partial charge in [-0.3, -0.25) is 9.78 Å². The molecule has 8 nitrogen and oxygen atoms in total. The van der Waals surface area contributed by atoms with Gasteiger partial charge in [0.1, 0.15) is 11.5 Å². The van der Waals surface area contributed by atoms with Crippen LogP contribution in [0.5, 0.6) is 5.75 Å². The molecule has 0 spiro atoms. The lowest BCUT2D eigenvalue weighted by atomic mass is 10.3. The fourth-order valence-corrected chi connectivity index (χ4v) is 1.37. The Kier molecular flexibility index (Phi) is 3.94. The lowest BCUT2D eigenvalue weighted by Gasteiger charge is -2.05. The van der Waals surface area contributed by atoms with Gasteiger partial charge >= 0.3 is 5.97 Å². The molecule has 0 aromatic carbocycles. The molecule has 104 valence electrons. The van der Waals surface area contributed by atoms with Crippen LogP contribution in [0.4, 0.5) is 5.82 Å². The Morgan fingerprint density at radius 3 is 2.85 bits per heavy atom. The highest BCUT2D eigenvalue weighted by Gasteiger charge is 2.09. The average molecular weight is 277 g/mol. The van der Waals surface area contributed by atoms with Crippen LogP contribution in [-0.4, -0.2) is 33.7 Å². The molecule has 0 bridgehead atoms. The molecule has 0 aliphatic rings. The first-order valence-electron chi connectivity index (χ1n) is 5.59. The Bertz CT molecular complexity index is 638. The summed E-state index contributed by atoms with van der Waals surface area (Å²) in [4.78, 5) is 26.0. The Balaban J connectivity index is 1.90. The van der Waals surface area contributed by atoms with Crippen LogP contribution in [-0.2, 0) is 4.79 Å². The number of ether oxygens (including phenoxy) is 1. The van der Waals surface area contributed by atoms with Gasteiger partial charge in [0.15, 0.2) is 12.4 Å². The van der Waals surface area contributed by atoms with Gasteiger partial charge in [0.05, 0.1) is 11.8 Å². The van der Waals surface area contributed by atoms with E-state index in [2.05, 4.69) is 15.5 Å². The Labute approximate surface area is 113 Å². The van der Waals surface area contributed by atoms with E-state index in [1.807, 2.05) is 0 Å². The van der Waals surface area contributed by atoms with Gasteiger partial charge < -0.3 is 19.7 Å². The lowest BCUT2D eigenvalue weighted by Crippen LogP contribution is -2.20. The summed E-state index contributed by atoms with van der Waals surface area (Å²) in [5, 5.41) is 14.9. The third-order valence-corrected chi connectivity index (χ3v) is 2.23. The number of nitrogens with one attached hydrogen (secondary N) is 1. The van der Waals surface area contributed by atoms with Gasteiger partial charge in [-0.05, 0) is 13.0 Å². The van der Waals surface area contributed by atoms with Gasteiger partial charge in [-0.15, -0.1) is 0 Å². The summed E-state index contributed by atoms with van der Waals surface area (Å²) in [5.74, 6) is -0.519. The number of hydrogen-bond donors (Lipinski definition) is 2. The van der Waals surface area contributed by atoms with Crippen LogP contribution in [0.1, 0.15) is 16.1 Å². The number of anilines is 1. The zero-order valence-electron chi connectivity index (χ0n) is 10.5. The maximum absolute atomic E-state index is 11.6. The van der Waals surface area contributed by atoms with Crippen molar-refractivity contribution in [2.24, 2.45) is 0 Å². The molecule has 0 radical (unpaired) electrons. The number of amides is 1. The van der Waals surface area contributed by atoms with Gasteiger partial charge in [-0.1, -0.05) is 5.16 Å². The van der Waals surface area contributed by atoms with Crippen LogP contribution in [0.3, 0.4) is 0 Å². The van der Waals surface area contributed by atoms with Gasteiger partial charge in [0, 0.05) is 12.3 Å². The van der Waals surface area contributed by atoms with Crippen molar-refractivity contribution in [1.82, 2.24) is 10.1 Å². The maximum Gasteiger partial charge on any atom is 0.337 e. The standard InChI is InChI=1S/C12H11N3O5/c1-7-2-10(15-20-7)14-11(16)6-19-9-3-8(12(17)18)4-13-5-9/h2-5H,6H2,1H3,(H,17,18)(H,14,15,16). The fourth-order valence-electron chi connectivity index (χ4n) is 1.37. The number of aromatic nitrogens is 2. The predicted molar refractivity (Wildman–Crippen MR) is 66.6 cm³/mol. The average Bonchev–Trinajstić information content (AvgIpc) is 2.82. The molecular weight excluding hydrogens is 266 g/mol. The van der Waals surface area contributed by atoms with E-state index in [1.165, 1.54) is 18.5 Å². The zero-order valence-corrected chi connectivity index (χ0v) is 10.5. The Morgan fingerprint density at radius 1 is 1.40 bits per heavy atom. The lowest BCUT2D eigenvalue weighted by molar-refractivity contribution is -0.118. The van der Waals surface area contributed by atoms with E-state index >= 15 is 0 Å². The molecule has 8 heteroatoms. The number of carboxylic acids is 1. The van der Waals surface area contributed by atoms with E-state index in [1.54, 1.807) is 13.0 Å². The highest BCUT2D eigenvalue weighted by Crippen LogP contribution is 2.11. The predicted octanol–water partition coefficient (Wildman–Crippen LogP) is 1.09. The van der Waals surface area contributed by atoms with Crippen LogP contribution in [0.2, 0.25) is 0 Å². The summed E-state index contributed by atoms with van der Waals surface area (Å²) in [5.41, 5.74) is -0.0185. The molecule has 0 saturated heterocycles. The molecule has 2 aromatic heterocycles. The second-order valence-electron chi connectivity index (χ2n) is 3.87. The molecule has 0 aliphatic carbocycles. The number of carbonyl (C=O) groups excluding carboxylic acids is 1. The van der Waals surface area contributed by atoms with Gasteiger partial charge in [-0.25, -0.2) is 4.79 Å². The van der Waals surface area contributed by atoms with Crippen molar-refractivity contribution in [1.29, 1.82) is 0 Å². The van der Waals surface area contributed by atoms with Crippen molar-refractivity contribution in [3.8, 4) is 5.75 Å². The van der Waals surface area contributed by atoms with Crippen molar-refractivity contribution in [2.75, 3.05) is 11.9 Å². The van der Waals surface area contributed by atoms with E-state index < -0.39 is 11.9 Å². The topological polar surface area (TPSA) is 115 Å². The molecule has 0 fully saturated rings. The number of pyridine rings is 1. The number of aryl methyl sites for hydroxylation is 1. The van der Waals surface area contributed by atoms with E-state index in [-0.39, 0.29) is 23.7 Å². The monoisotopic (exact) mass is 277 g/mol. The van der Waals surface area contributed by atoms with Crippen molar-refractivity contribution in [3.05, 3.63) is 35.9 Å². The fraction of sp³-hybridized carbons (Fsp3) is 0.167. The summed E-state index contributed by atoms with van der Waals surface area (Å²) in [6.45, 7) is 1.40. The van der Waals surface area contributed by atoms with E-state index in [4.69, 9.17) is 14.4 Å². The minimum Gasteiger partial charge on any atom is -0.482 e. The summed E-state index contributed by atoms with van der Waals surface area (Å²) >= 11 is 0. The molecule has 0 atom stereocenters. The highest BCUT2D eigenvalue weighted by molar-refractivity contribution is 5.91. The number of carbonyl (C=O) groups is 2. The van der Waals surface area contributed by atoms with Crippen LogP contribution in [0, 0.1) is 6.92 Å². The first-order valence-corrected chi connectivity index (χ1v) is 5.59. The first-order chi connectivity index (χ1) is 9.54. The number of hydrogen-bond acceptors (Lipinski definition) is 6. The van der Waals surface area contributed by atoms with Crippen molar-refractivity contribution < 1.29 is 24.0 Å². The van der Waals surface area contributed by atoms with Crippen molar-refractivity contribution >= 4 is 17.7 Å². The second-order valence-corrected chi connectivity index (χ2v) is 3.87. The molecule has 2 rings (SSSR count). The molecule has 0 unspecified atom stereocenters. The SMILES string of the molecule is Cc1cc(NC(=O)COc2cncc(C(=O)O)c2)no1. The van der Waals surface area contributed by atoms with Gasteiger partial charge in [-0.2, -0.15) is 0 Å². The number of rotatable bonds is 5. The summed E-state index contributed by atoms with van der Waals surface area (Å²) < 4.78 is 9.93. The van der Waals surface area contributed by atoms with Crippen LogP contribution < -0.4 is 10.1 Å². The minimum absolute atomic E-state index is 0.0185. The third kappa shape index (κ3) is 3.55. The smallest absolute Gasteiger partial charge is 0.337 e. The summed E-state index contributed by atoms with van der Waals surface area (Å²) in [6.07, 6.45) is 2.51. The quantitative estimate of drug-likeness (QED) is 0.840. The first kappa shape index (κ1) is 13.5. The molecule has 2 aromatic rings. The van der Waals surface area contributed by atoms with E-state index in [0.29, 0.717) is 5.76 Å². The Hall–Kier alpha value is -2.90. The molecule has 2 heterocycles. The minimum atomic E-state index is -1.12. The molecule has 0 aliphatic heterocycles. The molecular formula is C12H11N3O5. The maximum atomic E-state index is 11.6. The number of carboxylic acid groups (broad SMARTS) is 1. The number of nitrogens with zero attached hydrogens (tertiary/aromatic N) is 2. The largest absolute Gasteiger partial charge is 0.482 e. The van der Waals surface area contributed by atoms with Crippen molar-refractivity contribution in [2.45, 2.75) is 6.92 Å². The van der Waals surface area contributed by atoms with Crippen molar-refractivity contribution in [3.63, 3.8) is 0 Å². The molecule has 2 N–H and O–H groups in total. The van der Waals surface area contributed by atoms with E-state index in [9.17, 15) is 9.59 Å². The van der Waals surface area contributed by atoms with Gasteiger partial charge in [0.25, 0.3) is 5.91 Å². The third-order valence-electron chi connectivity index (χ3n) is 2.23. The molecule has 0 saturated carbocycles. The second kappa shape index (κ2) is 5.83. The van der Waals surface area contributed by atoms with Gasteiger partial charge in [0.2, 0.25) is 0 Å². The zero-order chi connectivity index (χ0) is 14.5. The highest BCUT2D eigenvalue weighted by atomic mass is 16.5. The normalized spacial score (nSPS) is 10.1. The van der Waals surface area contributed by atoms with Crippen LogP contribution in [0.15, 0.2) is 29.0 Å². The van der Waals surface area contributed by atoms with E-state index in [0.717, 1.165) is 0 Å². The Morgan fingerprint density at radius 2 is 2.20 bits per heavy atom. The molecule has 20 heavy (non-hydrogen) atoms. The van der Waals surface area contributed by atoms with Crippen LogP contribution >= 0.6 is 0 Å². The summed E-state index contributed by atoms with van der Waals surface area (Å²) in [6, 6.07) is 2.84. The number of aromatic carboxylic acids is 1.